The van der Waals surface area contributed by atoms with Gasteiger partial charge in [0.25, 0.3) is 11.5 Å². The molecule has 1 aromatic heterocycles. The van der Waals surface area contributed by atoms with Crippen molar-refractivity contribution >= 4 is 5.91 Å². The number of nitrogens with one attached hydrogen (secondary N) is 2. The van der Waals surface area contributed by atoms with E-state index in [0.717, 1.165) is 23.6 Å². The van der Waals surface area contributed by atoms with Gasteiger partial charge in [0.05, 0.1) is 18.8 Å². The van der Waals surface area contributed by atoms with Gasteiger partial charge in [-0.25, -0.2) is 4.79 Å². The minimum Gasteiger partial charge on any atom is -0.394 e. The summed E-state index contributed by atoms with van der Waals surface area (Å²) in [4.78, 5) is 38.3. The van der Waals surface area contributed by atoms with Crippen LogP contribution in [-0.4, -0.2) is 63.7 Å². The number of amides is 1. The summed E-state index contributed by atoms with van der Waals surface area (Å²) in [6, 6.07) is 0. The zero-order chi connectivity index (χ0) is 18.0. The van der Waals surface area contributed by atoms with Crippen molar-refractivity contribution in [3.05, 3.63) is 32.6 Å². The van der Waals surface area contributed by atoms with Crippen LogP contribution in [0.25, 0.3) is 0 Å². The van der Waals surface area contributed by atoms with E-state index in [1.54, 1.807) is 0 Å². The van der Waals surface area contributed by atoms with Crippen molar-refractivity contribution in [2.45, 2.75) is 43.8 Å². The van der Waals surface area contributed by atoms with Crippen molar-refractivity contribution < 1.29 is 24.5 Å². The summed E-state index contributed by atoms with van der Waals surface area (Å²) in [6.07, 6.45) is 0.239. The molecule has 138 valence electrons. The molecule has 10 nitrogen and oxygen atoms in total. The third-order valence-electron chi connectivity index (χ3n) is 4.42. The molecule has 4 N–H and O–H groups in total. The van der Waals surface area contributed by atoms with Crippen LogP contribution in [-0.2, 0) is 9.47 Å². The maximum Gasteiger partial charge on any atom is 0.330 e. The van der Waals surface area contributed by atoms with Gasteiger partial charge in [0.15, 0.2) is 0 Å². The Bertz CT molecular complexity index is 737. The number of aromatic nitrogens is 2. The second kappa shape index (κ2) is 7.48. The zero-order valence-electron chi connectivity index (χ0n) is 13.5. The zero-order valence-corrected chi connectivity index (χ0v) is 13.5. The normalized spacial score (nSPS) is 29.0. The molecule has 0 unspecified atom stereocenters. The van der Waals surface area contributed by atoms with Gasteiger partial charge in [-0.15, -0.1) is 0 Å². The molecule has 4 atom stereocenters. The van der Waals surface area contributed by atoms with E-state index in [4.69, 9.17) is 14.6 Å². The van der Waals surface area contributed by atoms with E-state index in [0.29, 0.717) is 6.61 Å². The number of aliphatic hydroxyl groups is 2. The van der Waals surface area contributed by atoms with Crippen molar-refractivity contribution in [1.82, 2.24) is 14.9 Å². The van der Waals surface area contributed by atoms with Gasteiger partial charge in [-0.2, -0.15) is 0 Å². The highest BCUT2D eigenvalue weighted by Gasteiger charge is 2.35. The van der Waals surface area contributed by atoms with Crippen LogP contribution >= 0.6 is 0 Å². The molecule has 1 amide bonds. The first kappa shape index (κ1) is 17.8. The van der Waals surface area contributed by atoms with E-state index < -0.39 is 42.2 Å². The molecule has 0 spiro atoms. The molecule has 2 fully saturated rings. The quantitative estimate of drug-likeness (QED) is 0.482. The summed E-state index contributed by atoms with van der Waals surface area (Å²) in [5.41, 5.74) is -1.79. The molecule has 0 saturated carbocycles. The summed E-state index contributed by atoms with van der Waals surface area (Å²) >= 11 is 0. The number of ether oxygens (including phenoxy) is 2. The minimum atomic E-state index is -0.939. The van der Waals surface area contributed by atoms with Crippen molar-refractivity contribution in [3.63, 3.8) is 0 Å². The maximum atomic E-state index is 12.3. The largest absolute Gasteiger partial charge is 0.394 e. The molecule has 0 bridgehead atoms. The fourth-order valence-corrected chi connectivity index (χ4v) is 3.02. The molecule has 2 aliphatic heterocycles. The van der Waals surface area contributed by atoms with Crippen LogP contribution in [0.15, 0.2) is 15.8 Å². The van der Waals surface area contributed by atoms with Gasteiger partial charge in [-0.3, -0.25) is 19.1 Å². The van der Waals surface area contributed by atoms with E-state index in [1.165, 1.54) is 0 Å². The third-order valence-corrected chi connectivity index (χ3v) is 4.42. The molecular formula is C15H21N3O7. The van der Waals surface area contributed by atoms with Gasteiger partial charge in [0.1, 0.15) is 17.9 Å². The highest BCUT2D eigenvalue weighted by molar-refractivity contribution is 5.93. The van der Waals surface area contributed by atoms with Gasteiger partial charge in [-0.05, 0) is 12.8 Å². The summed E-state index contributed by atoms with van der Waals surface area (Å²) in [7, 11) is 0. The maximum absolute atomic E-state index is 12.3. The number of H-pyrrole nitrogens is 1. The number of rotatable bonds is 5. The Hall–Kier alpha value is -2.01. The Labute approximate surface area is 142 Å². The Morgan fingerprint density at radius 1 is 1.44 bits per heavy atom. The van der Waals surface area contributed by atoms with E-state index in [9.17, 15) is 19.5 Å². The van der Waals surface area contributed by atoms with Gasteiger partial charge in [0.2, 0.25) is 0 Å². The van der Waals surface area contributed by atoms with Gasteiger partial charge >= 0.3 is 5.69 Å². The first-order valence-electron chi connectivity index (χ1n) is 8.19. The number of carbonyl (C=O) groups excluding carboxylic acids is 1. The fraction of sp³-hybridized carbons (Fsp3) is 0.667. The van der Waals surface area contributed by atoms with Crippen LogP contribution in [0.2, 0.25) is 0 Å². The number of aliphatic hydroxyl groups excluding tert-OH is 2. The number of hydrogen-bond donors (Lipinski definition) is 4. The van der Waals surface area contributed by atoms with Gasteiger partial charge in [-0.1, -0.05) is 0 Å². The number of hydrogen-bond acceptors (Lipinski definition) is 7. The summed E-state index contributed by atoms with van der Waals surface area (Å²) in [6.45, 7) is 0.534. The SMILES string of the molecule is O=C(NC[C@@H]1CCCO1)c1cn([C@H]2C[C@@H](O)[C@@H](CO)O2)c(=O)[nH]c1=O. The van der Waals surface area contributed by atoms with Crippen LogP contribution in [0, 0.1) is 0 Å². The summed E-state index contributed by atoms with van der Waals surface area (Å²) in [5, 5.41) is 21.5. The van der Waals surface area contributed by atoms with Gasteiger partial charge in [0, 0.05) is 25.8 Å². The average Bonchev–Trinajstić information content (AvgIpc) is 3.22. The summed E-state index contributed by atoms with van der Waals surface area (Å²) in [5.74, 6) is -0.622. The Morgan fingerprint density at radius 2 is 2.24 bits per heavy atom. The van der Waals surface area contributed by atoms with Crippen LogP contribution in [0.5, 0.6) is 0 Å². The van der Waals surface area contributed by atoms with E-state index in [2.05, 4.69) is 10.3 Å². The first-order chi connectivity index (χ1) is 12.0. The standard InChI is InChI=1S/C15H21N3O7/c19-7-11-10(20)4-12(25-11)18-6-9(14(22)17-15(18)23)13(21)16-5-8-2-1-3-24-8/h6,8,10-12,19-20H,1-5,7H2,(H,16,21)(H,17,22,23)/t8-,10+,11+,12+/m0/s1. The summed E-state index contributed by atoms with van der Waals surface area (Å²) < 4.78 is 11.8. The monoisotopic (exact) mass is 355 g/mol. The highest BCUT2D eigenvalue weighted by Crippen LogP contribution is 2.27. The Kier molecular flexibility index (Phi) is 5.33. The first-order valence-corrected chi connectivity index (χ1v) is 8.19. The van der Waals surface area contributed by atoms with Crippen LogP contribution in [0.3, 0.4) is 0 Å². The van der Waals surface area contributed by atoms with Crippen molar-refractivity contribution in [2.24, 2.45) is 0 Å². The molecule has 2 saturated heterocycles. The molecule has 1 aromatic rings. The second-order valence-corrected chi connectivity index (χ2v) is 6.17. The van der Waals surface area contributed by atoms with Crippen molar-refractivity contribution in [3.8, 4) is 0 Å². The van der Waals surface area contributed by atoms with E-state index in [-0.39, 0.29) is 24.6 Å². The lowest BCUT2D eigenvalue weighted by Crippen LogP contribution is -2.40. The average molecular weight is 355 g/mol. The smallest absolute Gasteiger partial charge is 0.330 e. The molecule has 3 rings (SSSR count). The topological polar surface area (TPSA) is 143 Å². The Balaban J connectivity index is 1.77. The van der Waals surface area contributed by atoms with Crippen LogP contribution < -0.4 is 16.6 Å². The fourth-order valence-electron chi connectivity index (χ4n) is 3.02. The van der Waals surface area contributed by atoms with Crippen molar-refractivity contribution in [1.29, 1.82) is 0 Å². The van der Waals surface area contributed by atoms with Crippen molar-refractivity contribution in [2.75, 3.05) is 19.8 Å². The molecule has 25 heavy (non-hydrogen) atoms. The molecule has 0 aromatic carbocycles. The number of nitrogens with zero attached hydrogens (tertiary/aromatic N) is 1. The molecular weight excluding hydrogens is 334 g/mol. The number of aromatic amines is 1. The lowest BCUT2D eigenvalue weighted by molar-refractivity contribution is -0.0459. The predicted molar refractivity (Wildman–Crippen MR) is 84.2 cm³/mol. The molecule has 10 heteroatoms. The molecule has 2 aliphatic rings. The minimum absolute atomic E-state index is 0.0636. The highest BCUT2D eigenvalue weighted by atomic mass is 16.5. The molecule has 3 heterocycles. The lowest BCUT2D eigenvalue weighted by atomic mass is 10.2. The lowest BCUT2D eigenvalue weighted by Gasteiger charge is -2.15. The predicted octanol–water partition coefficient (Wildman–Crippen LogP) is -1.91. The van der Waals surface area contributed by atoms with Crippen LogP contribution in [0.4, 0.5) is 0 Å². The van der Waals surface area contributed by atoms with Gasteiger partial charge < -0.3 is 25.0 Å². The number of carbonyl (C=O) groups is 1. The van der Waals surface area contributed by atoms with E-state index >= 15 is 0 Å². The second-order valence-electron chi connectivity index (χ2n) is 6.17. The van der Waals surface area contributed by atoms with Crippen LogP contribution in [0.1, 0.15) is 35.8 Å². The third kappa shape index (κ3) is 3.82. The van der Waals surface area contributed by atoms with E-state index in [1.807, 2.05) is 0 Å². The molecule has 0 aliphatic carbocycles. The molecule has 0 radical (unpaired) electrons. The Morgan fingerprint density at radius 3 is 2.88 bits per heavy atom.